The first-order valence-corrected chi connectivity index (χ1v) is 6.94. The molecule has 0 bridgehead atoms. The van der Waals surface area contributed by atoms with E-state index >= 15 is 0 Å². The van der Waals surface area contributed by atoms with Gasteiger partial charge in [-0.15, -0.1) is 0 Å². The van der Waals surface area contributed by atoms with Crippen LogP contribution in [0, 0.1) is 0 Å². The van der Waals surface area contributed by atoms with Crippen LogP contribution in [0.3, 0.4) is 0 Å². The van der Waals surface area contributed by atoms with Crippen molar-refractivity contribution in [2.24, 2.45) is 5.73 Å². The predicted octanol–water partition coefficient (Wildman–Crippen LogP) is 2.64. The Morgan fingerprint density at radius 3 is 2.45 bits per heavy atom. The highest BCUT2D eigenvalue weighted by Gasteiger charge is 2.40. The largest absolute Gasteiger partial charge is 0.480 e. The van der Waals surface area contributed by atoms with Gasteiger partial charge in [-0.3, -0.25) is 4.79 Å². The average molecular weight is 297 g/mol. The lowest BCUT2D eigenvalue weighted by atomic mass is 9.81. The minimum Gasteiger partial charge on any atom is -0.480 e. The maximum absolute atomic E-state index is 11.6. The second-order valence-corrected chi connectivity index (χ2v) is 5.51. The smallest absolute Gasteiger partial charge is 0.329 e. The molecule has 0 heterocycles. The number of halogens is 1. The number of primary amides is 1. The maximum Gasteiger partial charge on any atom is 0.329 e. The van der Waals surface area contributed by atoms with Crippen molar-refractivity contribution in [2.45, 2.75) is 37.6 Å². The number of carboxylic acid groups (broad SMARTS) is 1. The van der Waals surface area contributed by atoms with E-state index in [1.165, 1.54) is 0 Å². The molecule has 0 unspecified atom stereocenters. The third kappa shape index (κ3) is 2.72. The highest BCUT2D eigenvalue weighted by molar-refractivity contribution is 6.34. The second-order valence-electron chi connectivity index (χ2n) is 5.10. The SMILES string of the molecule is NC(=O)c1c(Cl)cccc1NC1(C(=O)O)CCCCC1. The highest BCUT2D eigenvalue weighted by atomic mass is 35.5. The average Bonchev–Trinajstić information content (AvgIpc) is 2.39. The summed E-state index contributed by atoms with van der Waals surface area (Å²) in [6.45, 7) is 0. The lowest BCUT2D eigenvalue weighted by Crippen LogP contribution is -2.48. The molecule has 0 saturated heterocycles. The fourth-order valence-corrected chi connectivity index (χ4v) is 2.95. The number of aliphatic carboxylic acids is 1. The van der Waals surface area contributed by atoms with Crippen molar-refractivity contribution in [2.75, 3.05) is 5.32 Å². The third-order valence-electron chi connectivity index (χ3n) is 3.75. The van der Waals surface area contributed by atoms with Crippen LogP contribution in [0.2, 0.25) is 5.02 Å². The lowest BCUT2D eigenvalue weighted by Gasteiger charge is -2.35. The number of carbonyl (C=O) groups excluding carboxylic acids is 1. The van der Waals surface area contributed by atoms with Gasteiger partial charge in [0, 0.05) is 5.69 Å². The van der Waals surface area contributed by atoms with Crippen molar-refractivity contribution in [1.29, 1.82) is 0 Å². The zero-order chi connectivity index (χ0) is 14.8. The minimum absolute atomic E-state index is 0.139. The Labute approximate surface area is 122 Å². The molecule has 6 heteroatoms. The molecule has 1 amide bonds. The number of nitrogens with two attached hydrogens (primary N) is 1. The topological polar surface area (TPSA) is 92.4 Å². The van der Waals surface area contributed by atoms with Crippen LogP contribution < -0.4 is 11.1 Å². The van der Waals surface area contributed by atoms with Gasteiger partial charge in [-0.2, -0.15) is 0 Å². The molecule has 1 saturated carbocycles. The van der Waals surface area contributed by atoms with Gasteiger partial charge in [0.25, 0.3) is 5.91 Å². The van der Waals surface area contributed by atoms with Gasteiger partial charge in [0.2, 0.25) is 0 Å². The van der Waals surface area contributed by atoms with Crippen molar-refractivity contribution < 1.29 is 14.7 Å². The Balaban J connectivity index is 2.39. The van der Waals surface area contributed by atoms with Crippen molar-refractivity contribution in [1.82, 2.24) is 0 Å². The zero-order valence-corrected chi connectivity index (χ0v) is 11.7. The molecule has 0 spiro atoms. The lowest BCUT2D eigenvalue weighted by molar-refractivity contribution is -0.143. The molecule has 5 nitrogen and oxygen atoms in total. The molecule has 108 valence electrons. The molecule has 2 rings (SSSR count). The van der Waals surface area contributed by atoms with Crippen LogP contribution in [0.4, 0.5) is 5.69 Å². The van der Waals surface area contributed by atoms with Crippen LogP contribution in [-0.4, -0.2) is 22.5 Å². The van der Waals surface area contributed by atoms with E-state index in [1.807, 2.05) is 0 Å². The van der Waals surface area contributed by atoms with E-state index in [2.05, 4.69) is 5.32 Å². The van der Waals surface area contributed by atoms with Gasteiger partial charge < -0.3 is 16.2 Å². The van der Waals surface area contributed by atoms with Crippen LogP contribution in [0.5, 0.6) is 0 Å². The van der Waals surface area contributed by atoms with Crippen LogP contribution >= 0.6 is 11.6 Å². The highest BCUT2D eigenvalue weighted by Crippen LogP contribution is 2.34. The fourth-order valence-electron chi connectivity index (χ4n) is 2.68. The molecular formula is C14H17ClN2O3. The molecule has 0 aliphatic heterocycles. The number of carboxylic acids is 1. The molecule has 1 aliphatic carbocycles. The van der Waals surface area contributed by atoms with Crippen LogP contribution in [-0.2, 0) is 4.79 Å². The van der Waals surface area contributed by atoms with E-state index < -0.39 is 17.4 Å². The van der Waals surface area contributed by atoms with E-state index in [9.17, 15) is 14.7 Å². The minimum atomic E-state index is -1.05. The monoisotopic (exact) mass is 296 g/mol. The summed E-state index contributed by atoms with van der Waals surface area (Å²) in [6, 6.07) is 4.85. The van der Waals surface area contributed by atoms with E-state index in [1.54, 1.807) is 18.2 Å². The van der Waals surface area contributed by atoms with Crippen molar-refractivity contribution in [3.8, 4) is 0 Å². The van der Waals surface area contributed by atoms with Crippen LogP contribution in [0.15, 0.2) is 18.2 Å². The molecule has 0 aromatic heterocycles. The van der Waals surface area contributed by atoms with Crippen LogP contribution in [0.25, 0.3) is 0 Å². The first kappa shape index (κ1) is 14.7. The van der Waals surface area contributed by atoms with E-state index in [-0.39, 0.29) is 10.6 Å². The Morgan fingerprint density at radius 1 is 1.25 bits per heavy atom. The van der Waals surface area contributed by atoms with Gasteiger partial charge in [-0.1, -0.05) is 36.9 Å². The summed E-state index contributed by atoms with van der Waals surface area (Å²) < 4.78 is 0. The standard InChI is InChI=1S/C14H17ClN2O3/c15-9-5-4-6-10(11(9)12(16)18)17-14(13(19)20)7-2-1-3-8-14/h4-6,17H,1-3,7-8H2,(H2,16,18)(H,19,20). The quantitative estimate of drug-likeness (QED) is 0.796. The Hall–Kier alpha value is -1.75. The molecule has 1 aromatic carbocycles. The number of anilines is 1. The van der Waals surface area contributed by atoms with E-state index in [0.29, 0.717) is 18.5 Å². The summed E-state index contributed by atoms with van der Waals surface area (Å²) >= 11 is 5.98. The number of carbonyl (C=O) groups is 2. The molecule has 4 N–H and O–H groups in total. The van der Waals surface area contributed by atoms with Crippen LogP contribution in [0.1, 0.15) is 42.5 Å². The molecule has 20 heavy (non-hydrogen) atoms. The van der Waals surface area contributed by atoms with E-state index in [0.717, 1.165) is 19.3 Å². The van der Waals surface area contributed by atoms with Gasteiger partial charge in [0.15, 0.2) is 0 Å². The summed E-state index contributed by atoms with van der Waals surface area (Å²) in [4.78, 5) is 23.1. The number of hydrogen-bond acceptors (Lipinski definition) is 3. The summed E-state index contributed by atoms with van der Waals surface area (Å²) in [5.74, 6) is -1.58. The number of nitrogens with one attached hydrogen (secondary N) is 1. The normalized spacial score (nSPS) is 17.4. The van der Waals surface area contributed by atoms with Crippen molar-refractivity contribution in [3.05, 3.63) is 28.8 Å². The fraction of sp³-hybridized carbons (Fsp3) is 0.429. The first-order valence-electron chi connectivity index (χ1n) is 6.56. The number of rotatable bonds is 4. The molecule has 1 fully saturated rings. The van der Waals surface area contributed by atoms with Crippen molar-refractivity contribution in [3.63, 3.8) is 0 Å². The Bertz CT molecular complexity index is 539. The second kappa shape index (κ2) is 5.71. The zero-order valence-electron chi connectivity index (χ0n) is 11.0. The van der Waals surface area contributed by atoms with Gasteiger partial charge in [-0.25, -0.2) is 4.79 Å². The van der Waals surface area contributed by atoms with Gasteiger partial charge >= 0.3 is 5.97 Å². The Morgan fingerprint density at radius 2 is 1.90 bits per heavy atom. The molecule has 0 atom stereocenters. The van der Waals surface area contributed by atoms with Gasteiger partial charge in [0.1, 0.15) is 5.54 Å². The van der Waals surface area contributed by atoms with Crippen molar-refractivity contribution >= 4 is 29.2 Å². The molecule has 1 aliphatic rings. The predicted molar refractivity (Wildman–Crippen MR) is 77.0 cm³/mol. The van der Waals surface area contributed by atoms with Gasteiger partial charge in [-0.05, 0) is 25.0 Å². The third-order valence-corrected chi connectivity index (χ3v) is 4.07. The molecule has 1 aromatic rings. The number of hydrogen-bond donors (Lipinski definition) is 3. The maximum atomic E-state index is 11.6. The summed E-state index contributed by atoms with van der Waals surface area (Å²) in [5, 5.41) is 12.8. The summed E-state index contributed by atoms with van der Waals surface area (Å²) in [7, 11) is 0. The summed E-state index contributed by atoms with van der Waals surface area (Å²) in [6.07, 6.45) is 3.74. The Kier molecular flexibility index (Phi) is 4.18. The van der Waals surface area contributed by atoms with Gasteiger partial charge in [0.05, 0.1) is 10.6 Å². The van der Waals surface area contributed by atoms with E-state index in [4.69, 9.17) is 17.3 Å². The first-order chi connectivity index (χ1) is 9.46. The summed E-state index contributed by atoms with van der Waals surface area (Å²) in [5.41, 5.74) is 4.80. The molecular weight excluding hydrogens is 280 g/mol. The number of amides is 1. The molecule has 0 radical (unpaired) electrons. The number of benzene rings is 1.